The molecule has 0 radical (unpaired) electrons. The Bertz CT molecular complexity index is 384. The van der Waals surface area contributed by atoms with Gasteiger partial charge in [0.1, 0.15) is 0 Å². The predicted octanol–water partition coefficient (Wildman–Crippen LogP) is 3.91. The lowest BCUT2D eigenvalue weighted by atomic mass is 10.2. The number of hydrogen-bond acceptors (Lipinski definition) is 1. The molecule has 0 aliphatic rings. The summed E-state index contributed by atoms with van der Waals surface area (Å²) >= 11 is 8.94. The standard InChI is InChI=1S/C11H12Br2INO/c1-2-15(6-5-12)11(16)9-7-8(13)3-4-10(9)14/h3-4,7H,2,5-6H2,1H3. The van der Waals surface area contributed by atoms with Gasteiger partial charge in [0.05, 0.1) is 5.56 Å². The molecule has 0 fully saturated rings. The predicted molar refractivity (Wildman–Crippen MR) is 82.2 cm³/mol. The molecule has 0 aliphatic heterocycles. The summed E-state index contributed by atoms with van der Waals surface area (Å²) in [5.41, 5.74) is 0.762. The molecule has 0 saturated heterocycles. The third kappa shape index (κ3) is 3.70. The van der Waals surface area contributed by atoms with E-state index in [4.69, 9.17) is 0 Å². The van der Waals surface area contributed by atoms with Crippen molar-refractivity contribution >= 4 is 60.4 Å². The first-order valence-electron chi connectivity index (χ1n) is 4.90. The van der Waals surface area contributed by atoms with Gasteiger partial charge in [-0.1, -0.05) is 31.9 Å². The molecule has 1 rings (SSSR count). The fraction of sp³-hybridized carbons (Fsp3) is 0.364. The summed E-state index contributed by atoms with van der Waals surface area (Å²) in [7, 11) is 0. The molecular formula is C11H12Br2INO. The first kappa shape index (κ1) is 14.4. The molecule has 0 aromatic heterocycles. The molecule has 0 bridgehead atoms. The molecule has 0 heterocycles. The lowest BCUT2D eigenvalue weighted by molar-refractivity contribution is 0.0774. The zero-order chi connectivity index (χ0) is 12.1. The fourth-order valence-electron chi connectivity index (χ4n) is 1.34. The van der Waals surface area contributed by atoms with Crippen molar-refractivity contribution in [1.29, 1.82) is 0 Å². The summed E-state index contributed by atoms with van der Waals surface area (Å²) < 4.78 is 1.92. The van der Waals surface area contributed by atoms with Crippen LogP contribution in [0.1, 0.15) is 17.3 Å². The molecule has 0 atom stereocenters. The third-order valence-corrected chi connectivity index (χ3v) is 3.97. The van der Waals surface area contributed by atoms with Crippen LogP contribution in [0.15, 0.2) is 22.7 Å². The van der Waals surface area contributed by atoms with Crippen molar-refractivity contribution in [3.05, 3.63) is 31.8 Å². The number of carbonyl (C=O) groups is 1. The molecule has 1 aromatic rings. The summed E-state index contributed by atoms with van der Waals surface area (Å²) in [6, 6.07) is 5.76. The number of carbonyl (C=O) groups excluding carboxylic acids is 1. The Morgan fingerprint density at radius 2 is 2.19 bits per heavy atom. The fourth-order valence-corrected chi connectivity index (χ4v) is 2.69. The summed E-state index contributed by atoms with van der Waals surface area (Å²) in [4.78, 5) is 14.1. The quantitative estimate of drug-likeness (QED) is 0.493. The number of hydrogen-bond donors (Lipinski definition) is 0. The van der Waals surface area contributed by atoms with Crippen LogP contribution < -0.4 is 0 Å². The van der Waals surface area contributed by atoms with E-state index >= 15 is 0 Å². The van der Waals surface area contributed by atoms with Crippen LogP contribution in [0.5, 0.6) is 0 Å². The van der Waals surface area contributed by atoms with Crippen LogP contribution in [-0.4, -0.2) is 29.2 Å². The zero-order valence-corrected chi connectivity index (χ0v) is 14.2. The van der Waals surface area contributed by atoms with E-state index in [2.05, 4.69) is 54.5 Å². The van der Waals surface area contributed by atoms with Crippen LogP contribution in [0, 0.1) is 3.57 Å². The lowest BCUT2D eigenvalue weighted by Gasteiger charge is -2.20. The van der Waals surface area contributed by atoms with Crippen LogP contribution in [-0.2, 0) is 0 Å². The lowest BCUT2D eigenvalue weighted by Crippen LogP contribution is -2.32. The Kier molecular flexibility index (Phi) is 6.28. The van der Waals surface area contributed by atoms with E-state index in [0.29, 0.717) is 0 Å². The summed E-state index contributed by atoms with van der Waals surface area (Å²) in [6.45, 7) is 3.45. The minimum Gasteiger partial charge on any atom is -0.338 e. The average molecular weight is 461 g/mol. The van der Waals surface area contributed by atoms with E-state index in [1.54, 1.807) is 0 Å². The highest BCUT2D eigenvalue weighted by molar-refractivity contribution is 14.1. The van der Waals surface area contributed by atoms with Crippen LogP contribution in [0.3, 0.4) is 0 Å². The van der Waals surface area contributed by atoms with Crippen molar-refractivity contribution in [1.82, 2.24) is 4.90 Å². The van der Waals surface area contributed by atoms with Crippen molar-refractivity contribution in [2.24, 2.45) is 0 Å². The number of benzene rings is 1. The highest BCUT2D eigenvalue weighted by atomic mass is 127. The van der Waals surface area contributed by atoms with E-state index in [1.165, 1.54) is 0 Å². The SMILES string of the molecule is CCN(CCBr)C(=O)c1cc(Br)ccc1I. The van der Waals surface area contributed by atoms with Crippen molar-refractivity contribution in [3.8, 4) is 0 Å². The van der Waals surface area contributed by atoms with Crippen LogP contribution in [0.25, 0.3) is 0 Å². The van der Waals surface area contributed by atoms with Crippen LogP contribution in [0.2, 0.25) is 0 Å². The van der Waals surface area contributed by atoms with Gasteiger partial charge in [-0.05, 0) is 47.7 Å². The second kappa shape index (κ2) is 6.96. The van der Waals surface area contributed by atoms with Gasteiger partial charge in [0.15, 0.2) is 0 Å². The van der Waals surface area contributed by atoms with Gasteiger partial charge >= 0.3 is 0 Å². The maximum absolute atomic E-state index is 12.2. The molecule has 2 nitrogen and oxygen atoms in total. The largest absolute Gasteiger partial charge is 0.338 e. The van der Waals surface area contributed by atoms with Gasteiger partial charge in [-0.3, -0.25) is 4.79 Å². The van der Waals surface area contributed by atoms with Crippen molar-refractivity contribution in [3.63, 3.8) is 0 Å². The van der Waals surface area contributed by atoms with Crippen LogP contribution in [0.4, 0.5) is 0 Å². The highest BCUT2D eigenvalue weighted by Gasteiger charge is 2.16. The Balaban J connectivity index is 2.98. The first-order valence-corrected chi connectivity index (χ1v) is 7.89. The molecular weight excluding hydrogens is 449 g/mol. The molecule has 16 heavy (non-hydrogen) atoms. The van der Waals surface area contributed by atoms with Crippen molar-refractivity contribution < 1.29 is 4.79 Å². The van der Waals surface area contributed by atoms with Gasteiger partial charge < -0.3 is 4.90 Å². The summed E-state index contributed by atoms with van der Waals surface area (Å²) in [6.07, 6.45) is 0. The van der Waals surface area contributed by atoms with E-state index in [9.17, 15) is 4.79 Å². The zero-order valence-electron chi connectivity index (χ0n) is 8.84. The molecule has 0 aliphatic carbocycles. The normalized spacial score (nSPS) is 10.2. The van der Waals surface area contributed by atoms with Crippen molar-refractivity contribution in [2.75, 3.05) is 18.4 Å². The van der Waals surface area contributed by atoms with Crippen LogP contribution >= 0.6 is 54.5 Å². The highest BCUT2D eigenvalue weighted by Crippen LogP contribution is 2.20. The maximum atomic E-state index is 12.2. The number of alkyl halides is 1. The Morgan fingerprint density at radius 3 is 2.75 bits per heavy atom. The Hall–Kier alpha value is 0.380. The van der Waals surface area contributed by atoms with Gasteiger partial charge in [0.2, 0.25) is 0 Å². The third-order valence-electron chi connectivity index (χ3n) is 2.18. The minimum atomic E-state index is 0.0904. The monoisotopic (exact) mass is 459 g/mol. The van der Waals surface area contributed by atoms with Gasteiger partial charge in [0, 0.05) is 26.5 Å². The van der Waals surface area contributed by atoms with E-state index in [1.807, 2.05) is 30.0 Å². The Morgan fingerprint density at radius 1 is 1.50 bits per heavy atom. The minimum absolute atomic E-state index is 0.0904. The topological polar surface area (TPSA) is 20.3 Å². The van der Waals surface area contributed by atoms with Crippen molar-refractivity contribution in [2.45, 2.75) is 6.92 Å². The number of amides is 1. The smallest absolute Gasteiger partial charge is 0.254 e. The average Bonchev–Trinajstić information content (AvgIpc) is 2.28. The number of nitrogens with zero attached hydrogens (tertiary/aromatic N) is 1. The molecule has 0 unspecified atom stereocenters. The summed E-state index contributed by atoms with van der Waals surface area (Å²) in [5, 5.41) is 0.803. The summed E-state index contributed by atoms with van der Waals surface area (Å²) in [5.74, 6) is 0.0904. The van der Waals surface area contributed by atoms with Gasteiger partial charge in [-0.2, -0.15) is 0 Å². The molecule has 0 saturated carbocycles. The second-order valence-corrected chi connectivity index (χ2v) is 6.07. The van der Waals surface area contributed by atoms with E-state index in [-0.39, 0.29) is 5.91 Å². The Labute approximate surface area is 126 Å². The molecule has 88 valence electrons. The van der Waals surface area contributed by atoms with E-state index in [0.717, 1.165) is 32.0 Å². The number of rotatable bonds is 4. The molecule has 1 amide bonds. The molecule has 5 heteroatoms. The van der Waals surface area contributed by atoms with E-state index < -0.39 is 0 Å². The second-order valence-electron chi connectivity index (χ2n) is 3.20. The van der Waals surface area contributed by atoms with Gasteiger partial charge in [0.25, 0.3) is 5.91 Å². The first-order chi connectivity index (χ1) is 7.60. The van der Waals surface area contributed by atoms with Gasteiger partial charge in [-0.25, -0.2) is 0 Å². The maximum Gasteiger partial charge on any atom is 0.254 e. The molecule has 0 N–H and O–H groups in total. The number of halogens is 3. The van der Waals surface area contributed by atoms with Gasteiger partial charge in [-0.15, -0.1) is 0 Å². The molecule has 1 aromatic carbocycles. The molecule has 0 spiro atoms.